The summed E-state index contributed by atoms with van der Waals surface area (Å²) in [6, 6.07) is 6.53. The van der Waals surface area contributed by atoms with Crippen molar-refractivity contribution in [1.82, 2.24) is 0 Å². The van der Waals surface area contributed by atoms with Gasteiger partial charge in [-0.15, -0.1) is 13.2 Å². The zero-order valence-electron chi connectivity index (χ0n) is 8.23. The normalized spacial score (nSPS) is 11.0. The van der Waals surface area contributed by atoms with Gasteiger partial charge in [-0.3, -0.25) is 0 Å². The molecule has 0 heterocycles. The molecule has 0 saturated heterocycles. The number of aromatic carboxylic acids is 1. The molecule has 3 heteroatoms. The molecule has 0 aliphatic carbocycles. The van der Waals surface area contributed by atoms with Crippen LogP contribution in [0.1, 0.15) is 28.9 Å². The van der Waals surface area contributed by atoms with Crippen LogP contribution in [0.2, 0.25) is 0 Å². The van der Waals surface area contributed by atoms with Gasteiger partial charge in [-0.25, -0.2) is 4.79 Å². The summed E-state index contributed by atoms with van der Waals surface area (Å²) in [4.78, 5) is 10.5. The van der Waals surface area contributed by atoms with Crippen molar-refractivity contribution in [1.29, 1.82) is 0 Å². The molecule has 1 rings (SSSR count). The average Bonchev–Trinajstić information content (AvgIpc) is 2.21. The molecule has 0 spiro atoms. The Labute approximate surface area is 83.9 Å². The van der Waals surface area contributed by atoms with E-state index in [2.05, 4.69) is 13.2 Å². The van der Waals surface area contributed by atoms with Crippen LogP contribution in [-0.2, 0) is 0 Å². The maximum absolute atomic E-state index is 10.5. The molecule has 3 nitrogen and oxygen atoms in total. The summed E-state index contributed by atoms with van der Waals surface area (Å²) in [5.74, 6) is -0.911. The van der Waals surface area contributed by atoms with E-state index in [4.69, 9.17) is 10.8 Å². The molecule has 0 aliphatic heterocycles. The topological polar surface area (TPSA) is 63.3 Å². The van der Waals surface area contributed by atoms with Gasteiger partial charge in [-0.05, 0) is 24.6 Å². The zero-order chi connectivity index (χ0) is 11.1. The predicted octanol–water partition coefficient (Wildman–Crippen LogP) is 2.21. The molecule has 1 aromatic carbocycles. The van der Waals surface area contributed by atoms with Gasteiger partial charge in [-0.1, -0.05) is 12.1 Å². The summed E-state index contributed by atoms with van der Waals surface area (Å²) in [5, 5.41) is 8.58. The second kappa shape index (κ2) is 5.94. The quantitative estimate of drug-likeness (QED) is 0.708. The van der Waals surface area contributed by atoms with Crippen LogP contribution in [0.5, 0.6) is 0 Å². The first-order valence-electron chi connectivity index (χ1n) is 4.20. The number of rotatable bonds is 2. The van der Waals surface area contributed by atoms with Crippen molar-refractivity contribution >= 4 is 5.97 Å². The van der Waals surface area contributed by atoms with Crippen LogP contribution in [-0.4, -0.2) is 11.1 Å². The summed E-state index contributed by atoms with van der Waals surface area (Å²) in [5.41, 5.74) is 6.83. The van der Waals surface area contributed by atoms with Crippen LogP contribution < -0.4 is 5.73 Å². The van der Waals surface area contributed by atoms with Crippen LogP contribution in [0.4, 0.5) is 0 Å². The Morgan fingerprint density at radius 3 is 2.07 bits per heavy atom. The second-order valence-corrected chi connectivity index (χ2v) is 2.72. The molecule has 0 saturated carbocycles. The van der Waals surface area contributed by atoms with Crippen LogP contribution >= 0.6 is 0 Å². The molecule has 14 heavy (non-hydrogen) atoms. The SMILES string of the molecule is C=C.CC(N)c1ccc(C(=O)O)cc1. The predicted molar refractivity (Wildman–Crippen MR) is 57.3 cm³/mol. The lowest BCUT2D eigenvalue weighted by atomic mass is 10.1. The molecule has 0 aromatic heterocycles. The largest absolute Gasteiger partial charge is 0.478 e. The van der Waals surface area contributed by atoms with E-state index in [9.17, 15) is 4.79 Å². The molecular formula is C11H15NO2. The molecule has 1 aromatic rings. The van der Waals surface area contributed by atoms with Crippen molar-refractivity contribution in [2.75, 3.05) is 0 Å². The van der Waals surface area contributed by atoms with Gasteiger partial charge in [0.1, 0.15) is 0 Å². The highest BCUT2D eigenvalue weighted by Gasteiger charge is 2.02. The first-order valence-corrected chi connectivity index (χ1v) is 4.20. The molecule has 0 bridgehead atoms. The van der Waals surface area contributed by atoms with Gasteiger partial charge in [0.15, 0.2) is 0 Å². The first kappa shape index (κ1) is 12.4. The van der Waals surface area contributed by atoms with Crippen LogP contribution in [0.15, 0.2) is 37.4 Å². The summed E-state index contributed by atoms with van der Waals surface area (Å²) >= 11 is 0. The van der Waals surface area contributed by atoms with Crippen LogP contribution in [0.25, 0.3) is 0 Å². The van der Waals surface area contributed by atoms with E-state index < -0.39 is 5.97 Å². The standard InChI is InChI=1S/C9H11NO2.C2H4/c1-6(10)7-2-4-8(5-3-7)9(11)12;1-2/h2-6H,10H2,1H3,(H,11,12);1-2H2. The van der Waals surface area contributed by atoms with E-state index in [1.165, 1.54) is 0 Å². The van der Waals surface area contributed by atoms with Crippen molar-refractivity contribution in [3.8, 4) is 0 Å². The van der Waals surface area contributed by atoms with E-state index in [1.54, 1.807) is 24.3 Å². The van der Waals surface area contributed by atoms with Gasteiger partial charge in [0.05, 0.1) is 5.56 Å². The highest BCUT2D eigenvalue weighted by atomic mass is 16.4. The minimum atomic E-state index is -0.911. The average molecular weight is 193 g/mol. The lowest BCUT2D eigenvalue weighted by Crippen LogP contribution is -2.05. The van der Waals surface area contributed by atoms with Crippen molar-refractivity contribution in [3.05, 3.63) is 48.6 Å². The summed E-state index contributed by atoms with van der Waals surface area (Å²) in [6.45, 7) is 7.86. The zero-order valence-corrected chi connectivity index (χ0v) is 8.23. The molecule has 0 radical (unpaired) electrons. The number of carbonyl (C=O) groups is 1. The number of carboxylic acid groups (broad SMARTS) is 1. The fourth-order valence-corrected chi connectivity index (χ4v) is 0.929. The molecule has 1 unspecified atom stereocenters. The van der Waals surface area contributed by atoms with E-state index in [0.29, 0.717) is 5.56 Å². The Bertz CT molecular complexity index is 291. The van der Waals surface area contributed by atoms with Gasteiger partial charge in [0.2, 0.25) is 0 Å². The van der Waals surface area contributed by atoms with Crippen molar-refractivity contribution < 1.29 is 9.90 Å². The third-order valence-corrected chi connectivity index (χ3v) is 1.68. The lowest BCUT2D eigenvalue weighted by molar-refractivity contribution is 0.0697. The Balaban J connectivity index is 0.000000791. The molecule has 0 aliphatic rings. The van der Waals surface area contributed by atoms with Gasteiger partial charge in [-0.2, -0.15) is 0 Å². The number of carboxylic acids is 1. The third kappa shape index (κ3) is 3.41. The Morgan fingerprint density at radius 2 is 1.79 bits per heavy atom. The Morgan fingerprint density at radius 1 is 1.36 bits per heavy atom. The van der Waals surface area contributed by atoms with Crippen molar-refractivity contribution in [3.63, 3.8) is 0 Å². The maximum Gasteiger partial charge on any atom is 0.335 e. The summed E-state index contributed by atoms with van der Waals surface area (Å²) in [6.07, 6.45) is 0. The van der Waals surface area contributed by atoms with Crippen molar-refractivity contribution in [2.45, 2.75) is 13.0 Å². The minimum absolute atomic E-state index is 0.0483. The molecule has 76 valence electrons. The number of hydrogen-bond acceptors (Lipinski definition) is 2. The number of nitrogens with two attached hydrogens (primary N) is 1. The molecule has 3 N–H and O–H groups in total. The lowest BCUT2D eigenvalue weighted by Gasteiger charge is -2.04. The van der Waals surface area contributed by atoms with E-state index in [-0.39, 0.29) is 6.04 Å². The summed E-state index contributed by atoms with van der Waals surface area (Å²) in [7, 11) is 0. The van der Waals surface area contributed by atoms with E-state index in [0.717, 1.165) is 5.56 Å². The molecule has 1 atom stereocenters. The monoisotopic (exact) mass is 193 g/mol. The second-order valence-electron chi connectivity index (χ2n) is 2.72. The first-order chi connectivity index (χ1) is 6.61. The van der Waals surface area contributed by atoms with Crippen LogP contribution in [0, 0.1) is 0 Å². The van der Waals surface area contributed by atoms with Crippen molar-refractivity contribution in [2.24, 2.45) is 5.73 Å². The molecular weight excluding hydrogens is 178 g/mol. The Hall–Kier alpha value is -1.61. The van der Waals surface area contributed by atoms with E-state index in [1.807, 2.05) is 6.92 Å². The summed E-state index contributed by atoms with van der Waals surface area (Å²) < 4.78 is 0. The number of benzene rings is 1. The van der Waals surface area contributed by atoms with Gasteiger partial charge >= 0.3 is 5.97 Å². The van der Waals surface area contributed by atoms with Crippen LogP contribution in [0.3, 0.4) is 0 Å². The molecule has 0 fully saturated rings. The Kier molecular flexibility index (Phi) is 5.26. The van der Waals surface area contributed by atoms with E-state index >= 15 is 0 Å². The third-order valence-electron chi connectivity index (χ3n) is 1.68. The maximum atomic E-state index is 10.5. The van der Waals surface area contributed by atoms with Gasteiger partial charge < -0.3 is 10.8 Å². The highest BCUT2D eigenvalue weighted by molar-refractivity contribution is 5.87. The molecule has 0 amide bonds. The highest BCUT2D eigenvalue weighted by Crippen LogP contribution is 2.10. The minimum Gasteiger partial charge on any atom is -0.478 e. The van der Waals surface area contributed by atoms with Gasteiger partial charge in [0.25, 0.3) is 0 Å². The van der Waals surface area contributed by atoms with Gasteiger partial charge in [0, 0.05) is 6.04 Å². The number of hydrogen-bond donors (Lipinski definition) is 2. The smallest absolute Gasteiger partial charge is 0.335 e. The fourth-order valence-electron chi connectivity index (χ4n) is 0.929. The fraction of sp³-hybridized carbons (Fsp3) is 0.182.